The van der Waals surface area contributed by atoms with Crippen LogP contribution in [0.4, 0.5) is 0 Å². The predicted octanol–water partition coefficient (Wildman–Crippen LogP) is 2.67. The van der Waals surface area contributed by atoms with E-state index in [2.05, 4.69) is 15.9 Å². The maximum Gasteiger partial charge on any atom is 0.337 e. The van der Waals surface area contributed by atoms with Gasteiger partial charge in [-0.15, -0.1) is 0 Å². The molecule has 3 atom stereocenters. The SMILES string of the molecule is Cc1ccc(C(OC(C)C(C)O)C(=O)O)c(Br)c1. The average Bonchev–Trinajstić information content (AvgIpc) is 2.26. The van der Waals surface area contributed by atoms with E-state index < -0.39 is 24.3 Å². The fourth-order valence-corrected chi connectivity index (χ4v) is 2.14. The molecule has 18 heavy (non-hydrogen) atoms. The van der Waals surface area contributed by atoms with E-state index in [1.807, 2.05) is 19.1 Å². The van der Waals surface area contributed by atoms with Crippen molar-refractivity contribution >= 4 is 21.9 Å². The van der Waals surface area contributed by atoms with Gasteiger partial charge in [-0.05, 0) is 32.4 Å². The standard InChI is InChI=1S/C13H17BrO4/c1-7-4-5-10(11(14)6-7)12(13(16)17)18-9(3)8(2)15/h4-6,8-9,12,15H,1-3H3,(H,16,17). The second-order valence-corrected chi connectivity index (χ2v) is 5.18. The zero-order valence-electron chi connectivity index (χ0n) is 10.6. The Labute approximate surface area is 115 Å². The van der Waals surface area contributed by atoms with Crippen molar-refractivity contribution in [1.29, 1.82) is 0 Å². The summed E-state index contributed by atoms with van der Waals surface area (Å²) in [6.45, 7) is 5.13. The minimum atomic E-state index is -1.09. The highest BCUT2D eigenvalue weighted by molar-refractivity contribution is 9.10. The quantitative estimate of drug-likeness (QED) is 0.876. The van der Waals surface area contributed by atoms with Gasteiger partial charge in [-0.25, -0.2) is 4.79 Å². The maximum absolute atomic E-state index is 11.3. The largest absolute Gasteiger partial charge is 0.479 e. The lowest BCUT2D eigenvalue weighted by Gasteiger charge is -2.22. The van der Waals surface area contributed by atoms with Crippen molar-refractivity contribution in [3.05, 3.63) is 33.8 Å². The van der Waals surface area contributed by atoms with Crippen LogP contribution in [0.5, 0.6) is 0 Å². The second-order valence-electron chi connectivity index (χ2n) is 4.33. The van der Waals surface area contributed by atoms with E-state index in [1.165, 1.54) is 0 Å². The Morgan fingerprint density at radius 2 is 2.00 bits per heavy atom. The van der Waals surface area contributed by atoms with Gasteiger partial charge in [0.2, 0.25) is 0 Å². The molecule has 3 unspecified atom stereocenters. The van der Waals surface area contributed by atoms with Crippen molar-refractivity contribution in [2.24, 2.45) is 0 Å². The third-order valence-electron chi connectivity index (χ3n) is 2.69. The van der Waals surface area contributed by atoms with Crippen LogP contribution in [0.2, 0.25) is 0 Å². The molecule has 0 aromatic heterocycles. The number of benzene rings is 1. The summed E-state index contributed by atoms with van der Waals surface area (Å²) < 4.78 is 6.09. The second kappa shape index (κ2) is 6.31. The molecule has 1 rings (SSSR count). The number of carbonyl (C=O) groups is 1. The number of aryl methyl sites for hydroxylation is 1. The summed E-state index contributed by atoms with van der Waals surface area (Å²) in [5.41, 5.74) is 1.57. The smallest absolute Gasteiger partial charge is 0.337 e. The lowest BCUT2D eigenvalue weighted by atomic mass is 10.1. The molecule has 0 heterocycles. The molecule has 4 nitrogen and oxygen atoms in total. The first-order chi connectivity index (χ1) is 8.32. The van der Waals surface area contributed by atoms with E-state index in [1.54, 1.807) is 19.9 Å². The normalized spacial score (nSPS) is 16.1. The number of aliphatic carboxylic acids is 1. The van der Waals surface area contributed by atoms with Gasteiger partial charge in [0.05, 0.1) is 12.2 Å². The van der Waals surface area contributed by atoms with Crippen molar-refractivity contribution < 1.29 is 19.7 Å². The maximum atomic E-state index is 11.3. The molecule has 0 saturated carbocycles. The molecule has 0 fully saturated rings. The molecule has 0 spiro atoms. The summed E-state index contributed by atoms with van der Waals surface area (Å²) in [6.07, 6.45) is -2.38. The summed E-state index contributed by atoms with van der Waals surface area (Å²) in [6, 6.07) is 5.38. The van der Waals surface area contributed by atoms with Crippen LogP contribution in [0.15, 0.2) is 22.7 Å². The Bertz CT molecular complexity index is 431. The molecular formula is C13H17BrO4. The average molecular weight is 317 g/mol. The summed E-state index contributed by atoms with van der Waals surface area (Å²) in [7, 11) is 0. The van der Waals surface area contributed by atoms with Gasteiger partial charge in [-0.3, -0.25) is 0 Å². The fourth-order valence-electron chi connectivity index (χ4n) is 1.44. The zero-order chi connectivity index (χ0) is 13.9. The van der Waals surface area contributed by atoms with E-state index in [0.29, 0.717) is 10.0 Å². The zero-order valence-corrected chi connectivity index (χ0v) is 12.1. The number of halogens is 1. The molecule has 2 N–H and O–H groups in total. The Kier molecular flexibility index (Phi) is 5.31. The first kappa shape index (κ1) is 15.1. The molecule has 0 saturated heterocycles. The number of aliphatic hydroxyl groups is 1. The molecule has 0 aliphatic heterocycles. The van der Waals surface area contributed by atoms with Gasteiger partial charge in [0.15, 0.2) is 6.10 Å². The Morgan fingerprint density at radius 1 is 1.39 bits per heavy atom. The Hall–Kier alpha value is -0.910. The van der Waals surface area contributed by atoms with E-state index >= 15 is 0 Å². The number of hydrogen-bond donors (Lipinski definition) is 2. The highest BCUT2D eigenvalue weighted by Gasteiger charge is 2.26. The van der Waals surface area contributed by atoms with Gasteiger partial charge in [-0.2, -0.15) is 0 Å². The lowest BCUT2D eigenvalue weighted by Crippen LogP contribution is -2.28. The number of hydrogen-bond acceptors (Lipinski definition) is 3. The van der Waals surface area contributed by atoms with Crippen molar-refractivity contribution in [2.45, 2.75) is 39.1 Å². The molecule has 0 radical (unpaired) electrons. The van der Waals surface area contributed by atoms with Crippen molar-refractivity contribution in [1.82, 2.24) is 0 Å². The molecular weight excluding hydrogens is 300 g/mol. The molecule has 0 bridgehead atoms. The van der Waals surface area contributed by atoms with E-state index in [-0.39, 0.29) is 0 Å². The number of carboxylic acid groups (broad SMARTS) is 1. The van der Waals surface area contributed by atoms with Crippen molar-refractivity contribution in [3.63, 3.8) is 0 Å². The van der Waals surface area contributed by atoms with Crippen LogP contribution in [0, 0.1) is 6.92 Å². The van der Waals surface area contributed by atoms with Crippen LogP contribution >= 0.6 is 15.9 Å². The number of aliphatic hydroxyl groups excluding tert-OH is 1. The fraction of sp³-hybridized carbons (Fsp3) is 0.462. The summed E-state index contributed by atoms with van der Waals surface area (Å²) >= 11 is 3.34. The predicted molar refractivity (Wildman–Crippen MR) is 71.5 cm³/mol. The van der Waals surface area contributed by atoms with Gasteiger partial charge in [0, 0.05) is 10.0 Å². The van der Waals surface area contributed by atoms with Crippen molar-refractivity contribution in [2.75, 3.05) is 0 Å². The summed E-state index contributed by atoms with van der Waals surface area (Å²) in [4.78, 5) is 11.3. The molecule has 1 aromatic carbocycles. The lowest BCUT2D eigenvalue weighted by molar-refractivity contribution is -0.158. The van der Waals surface area contributed by atoms with Crippen LogP contribution in [0.3, 0.4) is 0 Å². The molecule has 1 aromatic rings. The van der Waals surface area contributed by atoms with Crippen LogP contribution in [-0.2, 0) is 9.53 Å². The monoisotopic (exact) mass is 316 g/mol. The summed E-state index contributed by atoms with van der Waals surface area (Å²) in [5.74, 6) is -1.08. The minimum absolute atomic E-state index is 0.542. The first-order valence-electron chi connectivity index (χ1n) is 5.65. The summed E-state index contributed by atoms with van der Waals surface area (Å²) in [5, 5.41) is 18.6. The molecule has 0 amide bonds. The molecule has 5 heteroatoms. The molecule has 0 aliphatic rings. The van der Waals surface area contributed by atoms with E-state index in [4.69, 9.17) is 4.74 Å². The third kappa shape index (κ3) is 3.80. The topological polar surface area (TPSA) is 66.8 Å². The van der Waals surface area contributed by atoms with Gasteiger partial charge in [-0.1, -0.05) is 28.1 Å². The Balaban J connectivity index is 3.01. The van der Waals surface area contributed by atoms with Gasteiger partial charge in [0.1, 0.15) is 0 Å². The van der Waals surface area contributed by atoms with Crippen LogP contribution in [-0.4, -0.2) is 28.4 Å². The van der Waals surface area contributed by atoms with Crippen LogP contribution < -0.4 is 0 Å². The number of ether oxygens (including phenoxy) is 1. The van der Waals surface area contributed by atoms with Crippen LogP contribution in [0.25, 0.3) is 0 Å². The van der Waals surface area contributed by atoms with E-state index in [0.717, 1.165) is 5.56 Å². The number of carboxylic acids is 1. The molecule has 0 aliphatic carbocycles. The van der Waals surface area contributed by atoms with Gasteiger partial charge >= 0.3 is 5.97 Å². The minimum Gasteiger partial charge on any atom is -0.479 e. The molecule has 100 valence electrons. The van der Waals surface area contributed by atoms with E-state index in [9.17, 15) is 15.0 Å². The highest BCUT2D eigenvalue weighted by atomic mass is 79.9. The van der Waals surface area contributed by atoms with Gasteiger partial charge in [0.25, 0.3) is 0 Å². The first-order valence-corrected chi connectivity index (χ1v) is 6.44. The van der Waals surface area contributed by atoms with Gasteiger partial charge < -0.3 is 14.9 Å². The van der Waals surface area contributed by atoms with Crippen molar-refractivity contribution in [3.8, 4) is 0 Å². The third-order valence-corrected chi connectivity index (χ3v) is 3.38. The Morgan fingerprint density at radius 3 is 2.44 bits per heavy atom. The number of rotatable bonds is 5. The van der Waals surface area contributed by atoms with Crippen LogP contribution in [0.1, 0.15) is 31.1 Å². The highest BCUT2D eigenvalue weighted by Crippen LogP contribution is 2.28.